The van der Waals surface area contributed by atoms with Gasteiger partial charge in [-0.15, -0.1) is 0 Å². The van der Waals surface area contributed by atoms with E-state index < -0.39 is 17.0 Å². The molecule has 4 heteroatoms. The highest BCUT2D eigenvalue weighted by Crippen LogP contribution is 2.74. The van der Waals surface area contributed by atoms with Crippen LogP contribution in [0.3, 0.4) is 0 Å². The summed E-state index contributed by atoms with van der Waals surface area (Å²) in [5, 5.41) is 33.2. The van der Waals surface area contributed by atoms with E-state index in [1.165, 1.54) is 5.57 Å². The fraction of sp³-hybridized carbons (Fsp3) is 0.897. The molecule has 0 aromatic heterocycles. The quantitative estimate of drug-likeness (QED) is 0.424. The fourth-order valence-electron chi connectivity index (χ4n) is 10.5. The van der Waals surface area contributed by atoms with E-state index in [9.17, 15) is 20.1 Å². The zero-order valence-electron chi connectivity index (χ0n) is 21.7. The smallest absolute Gasteiger partial charge is 0.310 e. The molecule has 0 aromatic carbocycles. The number of hydrogen-bond donors (Lipinski definition) is 3. The monoisotopic (exact) mass is 458 g/mol. The van der Waals surface area contributed by atoms with E-state index in [1.807, 2.05) is 6.92 Å². The second kappa shape index (κ2) is 6.87. The van der Waals surface area contributed by atoms with Crippen molar-refractivity contribution in [3.05, 3.63) is 11.6 Å². The number of aliphatic carboxylic acids is 1. The minimum absolute atomic E-state index is 0.0428. The molecule has 5 aliphatic carbocycles. The molecule has 5 aliphatic rings. The lowest BCUT2D eigenvalue weighted by Gasteiger charge is -2.70. The Hall–Kier alpha value is -0.870. The van der Waals surface area contributed by atoms with E-state index in [2.05, 4.69) is 40.7 Å². The molecule has 4 saturated carbocycles. The average Bonchev–Trinajstić information content (AvgIpc) is 2.70. The first-order chi connectivity index (χ1) is 15.1. The highest BCUT2D eigenvalue weighted by molar-refractivity contribution is 5.76. The average molecular weight is 459 g/mol. The van der Waals surface area contributed by atoms with Gasteiger partial charge in [-0.05, 0) is 105 Å². The first-order valence-corrected chi connectivity index (χ1v) is 13.5. The van der Waals surface area contributed by atoms with Gasteiger partial charge in [0.25, 0.3) is 0 Å². The maximum absolute atomic E-state index is 12.8. The molecule has 186 valence electrons. The molecular formula is C29H46O4. The van der Waals surface area contributed by atoms with Crippen molar-refractivity contribution in [1.82, 2.24) is 0 Å². The van der Waals surface area contributed by atoms with Gasteiger partial charge in [0.1, 0.15) is 0 Å². The van der Waals surface area contributed by atoms with Crippen molar-refractivity contribution in [2.24, 2.45) is 44.8 Å². The minimum atomic E-state index is -0.719. The maximum atomic E-state index is 12.8. The molecule has 0 amide bonds. The number of aliphatic hydroxyl groups excluding tert-OH is 1. The summed E-state index contributed by atoms with van der Waals surface area (Å²) in [6.45, 7) is 13.7. The highest BCUT2D eigenvalue weighted by atomic mass is 16.4. The predicted octanol–water partition coefficient (Wildman–Crippen LogP) is 5.96. The topological polar surface area (TPSA) is 77.8 Å². The number of carboxylic acid groups (broad SMARTS) is 1. The van der Waals surface area contributed by atoms with Gasteiger partial charge in [-0.3, -0.25) is 4.79 Å². The number of carbonyl (C=O) groups is 1. The molecule has 4 fully saturated rings. The molecule has 0 bridgehead atoms. The van der Waals surface area contributed by atoms with Crippen LogP contribution >= 0.6 is 0 Å². The zero-order chi connectivity index (χ0) is 24.2. The molecule has 0 aliphatic heterocycles. The van der Waals surface area contributed by atoms with Crippen LogP contribution in [0.15, 0.2) is 11.6 Å². The van der Waals surface area contributed by atoms with Crippen LogP contribution in [-0.4, -0.2) is 33.0 Å². The summed E-state index contributed by atoms with van der Waals surface area (Å²) in [4.78, 5) is 12.8. The van der Waals surface area contributed by atoms with E-state index in [1.54, 1.807) is 0 Å². The van der Waals surface area contributed by atoms with Crippen LogP contribution < -0.4 is 0 Å². The van der Waals surface area contributed by atoms with Crippen molar-refractivity contribution in [3.63, 3.8) is 0 Å². The van der Waals surface area contributed by atoms with Crippen molar-refractivity contribution < 1.29 is 20.1 Å². The van der Waals surface area contributed by atoms with Crippen LogP contribution in [0.4, 0.5) is 0 Å². The van der Waals surface area contributed by atoms with E-state index in [4.69, 9.17) is 0 Å². The van der Waals surface area contributed by atoms with Crippen LogP contribution in [0, 0.1) is 44.8 Å². The Morgan fingerprint density at radius 2 is 1.45 bits per heavy atom. The third-order valence-electron chi connectivity index (χ3n) is 12.3. The maximum Gasteiger partial charge on any atom is 0.310 e. The summed E-state index contributed by atoms with van der Waals surface area (Å²) >= 11 is 0. The summed E-state index contributed by atoms with van der Waals surface area (Å²) in [5.74, 6) is 0.000961. The van der Waals surface area contributed by atoms with Gasteiger partial charge in [0.2, 0.25) is 0 Å². The molecule has 0 heterocycles. The Balaban J connectivity index is 1.61. The van der Waals surface area contributed by atoms with E-state index in [0.29, 0.717) is 25.2 Å². The van der Waals surface area contributed by atoms with Crippen LogP contribution in [-0.2, 0) is 4.79 Å². The van der Waals surface area contributed by atoms with Gasteiger partial charge < -0.3 is 15.3 Å². The van der Waals surface area contributed by atoms with Crippen LogP contribution in [0.2, 0.25) is 0 Å². The predicted molar refractivity (Wildman–Crippen MR) is 130 cm³/mol. The number of fused-ring (bicyclic) bond motifs is 7. The second-order valence-corrected chi connectivity index (χ2v) is 14.5. The van der Waals surface area contributed by atoms with Gasteiger partial charge >= 0.3 is 5.97 Å². The largest absolute Gasteiger partial charge is 0.481 e. The second-order valence-electron chi connectivity index (χ2n) is 14.5. The summed E-state index contributed by atoms with van der Waals surface area (Å²) in [6, 6.07) is 0. The standard InChI is InChI=1S/C29H46O4/c1-24(2)15-16-29(23(31)32)14-9-18-25(3)12-8-20-27(5,33)13-10-22(30)28(20,6)19(25)7-11-26(18,4)21(29)17-24/h9,19-22,30,33H,7-8,10-17H2,1-6H3,(H,31,32). The van der Waals surface area contributed by atoms with Crippen LogP contribution in [0.1, 0.15) is 106 Å². The van der Waals surface area contributed by atoms with E-state index >= 15 is 0 Å². The first kappa shape index (κ1) is 23.9. The number of hydrogen-bond acceptors (Lipinski definition) is 3. The van der Waals surface area contributed by atoms with Crippen LogP contribution in [0.5, 0.6) is 0 Å². The molecule has 3 N–H and O–H groups in total. The van der Waals surface area contributed by atoms with Gasteiger partial charge in [0.15, 0.2) is 0 Å². The molecule has 5 rings (SSSR count). The minimum Gasteiger partial charge on any atom is -0.481 e. The van der Waals surface area contributed by atoms with Crippen molar-refractivity contribution in [2.45, 2.75) is 117 Å². The van der Waals surface area contributed by atoms with Crippen molar-refractivity contribution in [2.75, 3.05) is 0 Å². The molecule has 0 saturated heterocycles. The van der Waals surface area contributed by atoms with Crippen LogP contribution in [0.25, 0.3) is 0 Å². The first-order valence-electron chi connectivity index (χ1n) is 13.5. The Morgan fingerprint density at radius 3 is 2.09 bits per heavy atom. The summed E-state index contributed by atoms with van der Waals surface area (Å²) in [5.41, 5.74) is -0.139. The zero-order valence-corrected chi connectivity index (χ0v) is 21.7. The Labute approximate surface area is 200 Å². The third-order valence-corrected chi connectivity index (χ3v) is 12.3. The number of allylic oxidation sites excluding steroid dienone is 2. The number of aliphatic hydroxyl groups is 2. The fourth-order valence-corrected chi connectivity index (χ4v) is 10.5. The molecule has 9 atom stereocenters. The highest BCUT2D eigenvalue weighted by Gasteiger charge is 2.69. The summed E-state index contributed by atoms with van der Waals surface area (Å²) in [6.07, 6.45) is 10.7. The van der Waals surface area contributed by atoms with Gasteiger partial charge in [-0.1, -0.05) is 46.3 Å². The van der Waals surface area contributed by atoms with E-state index in [0.717, 1.165) is 44.9 Å². The molecule has 0 aromatic rings. The molecule has 9 unspecified atom stereocenters. The van der Waals surface area contributed by atoms with Gasteiger partial charge in [-0.2, -0.15) is 0 Å². The van der Waals surface area contributed by atoms with Crippen molar-refractivity contribution in [3.8, 4) is 0 Å². The SMILES string of the molecule is CC1(C)CCC2(C(=O)O)CC=C3C(C)(CCC4C3(C)CCC3C(C)(O)CCC(O)C34C)C2C1. The lowest BCUT2D eigenvalue weighted by Crippen LogP contribution is -2.66. The third kappa shape index (κ3) is 2.92. The normalized spacial score (nSPS) is 55.3. The molecule has 0 spiro atoms. The summed E-state index contributed by atoms with van der Waals surface area (Å²) in [7, 11) is 0. The van der Waals surface area contributed by atoms with Crippen molar-refractivity contribution in [1.29, 1.82) is 0 Å². The molecule has 33 heavy (non-hydrogen) atoms. The number of rotatable bonds is 1. The number of carboxylic acids is 1. The molecule has 4 nitrogen and oxygen atoms in total. The lowest BCUT2D eigenvalue weighted by atomic mass is 9.35. The van der Waals surface area contributed by atoms with Gasteiger partial charge in [0, 0.05) is 5.41 Å². The van der Waals surface area contributed by atoms with E-state index in [-0.39, 0.29) is 39.6 Å². The van der Waals surface area contributed by atoms with Crippen molar-refractivity contribution >= 4 is 5.97 Å². The Morgan fingerprint density at radius 1 is 0.848 bits per heavy atom. The molecular weight excluding hydrogens is 412 g/mol. The Kier molecular flexibility index (Phi) is 4.97. The van der Waals surface area contributed by atoms with Gasteiger partial charge in [-0.25, -0.2) is 0 Å². The summed E-state index contributed by atoms with van der Waals surface area (Å²) < 4.78 is 0. The lowest BCUT2D eigenvalue weighted by molar-refractivity contribution is -0.226. The molecule has 0 radical (unpaired) electrons. The Bertz CT molecular complexity index is 888. The van der Waals surface area contributed by atoms with Gasteiger partial charge in [0.05, 0.1) is 17.1 Å².